The van der Waals surface area contributed by atoms with Crippen molar-refractivity contribution in [1.82, 2.24) is 9.97 Å². The zero-order valence-corrected chi connectivity index (χ0v) is 20.4. The Labute approximate surface area is 204 Å². The number of hydrogen-bond donors (Lipinski definition) is 1. The smallest absolute Gasteiger partial charge is 0.231 e. The summed E-state index contributed by atoms with van der Waals surface area (Å²) in [6.45, 7) is 3.44. The van der Waals surface area contributed by atoms with E-state index in [0.717, 1.165) is 42.9 Å². The summed E-state index contributed by atoms with van der Waals surface area (Å²) in [4.78, 5) is 24.3. The highest BCUT2D eigenvalue weighted by molar-refractivity contribution is 7.22. The second-order valence-electron chi connectivity index (χ2n) is 8.49. The van der Waals surface area contributed by atoms with Crippen molar-refractivity contribution in [2.75, 3.05) is 30.4 Å². The van der Waals surface area contributed by atoms with Crippen LogP contribution < -0.4 is 15.0 Å². The van der Waals surface area contributed by atoms with Crippen LogP contribution in [0.25, 0.3) is 31.0 Å². The van der Waals surface area contributed by atoms with E-state index in [0.29, 0.717) is 13.1 Å². The van der Waals surface area contributed by atoms with Crippen LogP contribution in [0.15, 0.2) is 60.7 Å². The number of nitrogens with zero attached hydrogens (tertiary/aromatic N) is 3. The number of ether oxygens (including phenoxy) is 1. The van der Waals surface area contributed by atoms with Gasteiger partial charge in [-0.3, -0.25) is 4.79 Å². The molecule has 3 heterocycles. The maximum Gasteiger partial charge on any atom is 0.231 e. The molecular formula is C26H22N4O2S2. The summed E-state index contributed by atoms with van der Waals surface area (Å²) in [7, 11) is 1.66. The van der Waals surface area contributed by atoms with Gasteiger partial charge in [-0.05, 0) is 67.1 Å². The van der Waals surface area contributed by atoms with E-state index in [4.69, 9.17) is 14.7 Å². The van der Waals surface area contributed by atoms with Gasteiger partial charge in [0, 0.05) is 24.3 Å². The Morgan fingerprint density at radius 3 is 2.50 bits per heavy atom. The van der Waals surface area contributed by atoms with Crippen molar-refractivity contribution in [3.63, 3.8) is 0 Å². The molecular weight excluding hydrogens is 464 g/mol. The molecule has 5 aromatic rings. The second kappa shape index (κ2) is 8.38. The van der Waals surface area contributed by atoms with E-state index in [-0.39, 0.29) is 11.8 Å². The van der Waals surface area contributed by atoms with E-state index >= 15 is 0 Å². The molecule has 2 aromatic heterocycles. The summed E-state index contributed by atoms with van der Waals surface area (Å²) in [5.41, 5.74) is 5.07. The Balaban J connectivity index is 1.09. The molecule has 0 radical (unpaired) electrons. The average molecular weight is 487 g/mol. The summed E-state index contributed by atoms with van der Waals surface area (Å²) < 4.78 is 7.57. The Bertz CT molecular complexity index is 1520. The molecule has 6 rings (SSSR count). The monoisotopic (exact) mass is 486 g/mol. The summed E-state index contributed by atoms with van der Waals surface area (Å²) in [6, 6.07) is 20.1. The molecule has 0 unspecified atom stereocenters. The van der Waals surface area contributed by atoms with Crippen LogP contribution in [0.3, 0.4) is 0 Å². The average Bonchev–Trinajstić information content (AvgIpc) is 3.41. The van der Waals surface area contributed by atoms with E-state index in [9.17, 15) is 4.79 Å². The van der Waals surface area contributed by atoms with Gasteiger partial charge in [-0.15, -0.1) is 11.3 Å². The topological polar surface area (TPSA) is 67.3 Å². The molecule has 1 fully saturated rings. The number of aryl methyl sites for hydroxylation is 1. The zero-order chi connectivity index (χ0) is 23.2. The summed E-state index contributed by atoms with van der Waals surface area (Å²) in [6.07, 6.45) is 0. The normalized spacial score (nSPS) is 13.9. The lowest BCUT2D eigenvalue weighted by atomic mass is 10.00. The van der Waals surface area contributed by atoms with Crippen LogP contribution >= 0.6 is 22.7 Å². The van der Waals surface area contributed by atoms with E-state index < -0.39 is 0 Å². The molecule has 0 spiro atoms. The van der Waals surface area contributed by atoms with Gasteiger partial charge >= 0.3 is 0 Å². The lowest BCUT2D eigenvalue weighted by Gasteiger charge is -2.37. The summed E-state index contributed by atoms with van der Waals surface area (Å²) in [5, 5.41) is 4.99. The number of rotatable bonds is 5. The third kappa shape index (κ3) is 3.89. The van der Waals surface area contributed by atoms with Crippen molar-refractivity contribution in [3.8, 4) is 16.3 Å². The highest BCUT2D eigenvalue weighted by Crippen LogP contribution is 2.35. The molecule has 1 saturated heterocycles. The number of hydrogen-bond acceptors (Lipinski definition) is 7. The predicted molar refractivity (Wildman–Crippen MR) is 140 cm³/mol. The van der Waals surface area contributed by atoms with Crippen molar-refractivity contribution in [1.29, 1.82) is 0 Å². The number of amides is 1. The minimum Gasteiger partial charge on any atom is -0.497 e. The van der Waals surface area contributed by atoms with Crippen LogP contribution in [0.1, 0.15) is 5.56 Å². The van der Waals surface area contributed by atoms with Gasteiger partial charge in [0.15, 0.2) is 5.13 Å². The maximum atomic E-state index is 12.7. The van der Waals surface area contributed by atoms with Gasteiger partial charge in [-0.25, -0.2) is 9.97 Å². The standard InChI is InChI=1S/C26H22N4O2S2/c1-15-3-9-20-22(11-15)33-25(28-20)16-4-6-18(7-5-16)27-24(31)17-13-30(14-17)26-29-21-10-8-19(32-2)12-23(21)34-26/h3-12,17H,13-14H2,1-2H3,(H,27,31). The third-order valence-corrected chi connectivity index (χ3v) is 8.20. The minimum absolute atomic E-state index is 0.0437. The Hall–Kier alpha value is -3.49. The minimum atomic E-state index is -0.0475. The molecule has 6 nitrogen and oxygen atoms in total. The van der Waals surface area contributed by atoms with Crippen molar-refractivity contribution >= 4 is 59.8 Å². The fourth-order valence-electron chi connectivity index (χ4n) is 4.05. The van der Waals surface area contributed by atoms with Crippen LogP contribution in [0.2, 0.25) is 0 Å². The first kappa shape index (κ1) is 21.1. The number of anilines is 2. The Morgan fingerprint density at radius 2 is 1.71 bits per heavy atom. The number of methoxy groups -OCH3 is 1. The molecule has 8 heteroatoms. The molecule has 3 aromatic carbocycles. The number of nitrogens with one attached hydrogen (secondary N) is 1. The van der Waals surface area contributed by atoms with Gasteiger partial charge in [0.05, 0.1) is 33.5 Å². The van der Waals surface area contributed by atoms with Gasteiger partial charge in [0.1, 0.15) is 10.8 Å². The molecule has 170 valence electrons. The second-order valence-corrected chi connectivity index (χ2v) is 10.5. The molecule has 1 N–H and O–H groups in total. The quantitative estimate of drug-likeness (QED) is 0.332. The van der Waals surface area contributed by atoms with Crippen molar-refractivity contribution in [3.05, 3.63) is 66.2 Å². The van der Waals surface area contributed by atoms with E-state index in [1.54, 1.807) is 29.8 Å². The largest absolute Gasteiger partial charge is 0.497 e. The van der Waals surface area contributed by atoms with Gasteiger partial charge < -0.3 is 15.0 Å². The van der Waals surface area contributed by atoms with Crippen molar-refractivity contribution < 1.29 is 9.53 Å². The molecule has 1 amide bonds. The Kier molecular flexibility index (Phi) is 5.19. The molecule has 0 aliphatic carbocycles. The summed E-state index contributed by atoms with van der Waals surface area (Å²) in [5.74, 6) is 0.823. The first-order valence-electron chi connectivity index (χ1n) is 11.0. The van der Waals surface area contributed by atoms with Crippen LogP contribution in [0.5, 0.6) is 5.75 Å². The molecule has 0 saturated carbocycles. The fraction of sp³-hybridized carbons (Fsp3) is 0.192. The number of benzene rings is 3. The highest BCUT2D eigenvalue weighted by Gasteiger charge is 2.34. The molecule has 0 bridgehead atoms. The third-order valence-electron chi connectivity index (χ3n) is 6.05. The van der Waals surface area contributed by atoms with E-state index in [1.165, 1.54) is 10.3 Å². The van der Waals surface area contributed by atoms with Crippen LogP contribution in [-0.4, -0.2) is 36.1 Å². The highest BCUT2D eigenvalue weighted by atomic mass is 32.1. The van der Waals surface area contributed by atoms with Gasteiger partial charge in [-0.1, -0.05) is 17.4 Å². The Morgan fingerprint density at radius 1 is 0.971 bits per heavy atom. The molecule has 0 atom stereocenters. The first-order valence-corrected chi connectivity index (χ1v) is 12.7. The number of carbonyl (C=O) groups excluding carboxylic acids is 1. The lowest BCUT2D eigenvalue weighted by Crippen LogP contribution is -2.52. The van der Waals surface area contributed by atoms with Crippen LogP contribution in [0, 0.1) is 12.8 Å². The van der Waals surface area contributed by atoms with Crippen LogP contribution in [0.4, 0.5) is 10.8 Å². The van der Waals surface area contributed by atoms with Gasteiger partial charge in [0.25, 0.3) is 0 Å². The fourth-order valence-corrected chi connectivity index (χ4v) is 6.13. The molecule has 1 aliphatic rings. The van der Waals surface area contributed by atoms with E-state index in [1.807, 2.05) is 42.5 Å². The number of carbonyl (C=O) groups is 1. The predicted octanol–water partition coefficient (Wildman–Crippen LogP) is 5.96. The number of thiazole rings is 2. The molecule has 1 aliphatic heterocycles. The zero-order valence-electron chi connectivity index (χ0n) is 18.7. The van der Waals surface area contributed by atoms with Crippen molar-refractivity contribution in [2.24, 2.45) is 5.92 Å². The van der Waals surface area contributed by atoms with Gasteiger partial charge in [-0.2, -0.15) is 0 Å². The van der Waals surface area contributed by atoms with E-state index in [2.05, 4.69) is 35.3 Å². The SMILES string of the molecule is COc1ccc2nc(N3CC(C(=O)Nc4ccc(-c5nc6ccc(C)cc6s5)cc4)C3)sc2c1. The number of fused-ring (bicyclic) bond motifs is 2. The number of aromatic nitrogens is 2. The molecule has 34 heavy (non-hydrogen) atoms. The summed E-state index contributed by atoms with van der Waals surface area (Å²) >= 11 is 3.32. The maximum absolute atomic E-state index is 12.7. The first-order chi connectivity index (χ1) is 16.6. The lowest BCUT2D eigenvalue weighted by molar-refractivity contribution is -0.120. The van der Waals surface area contributed by atoms with Crippen LogP contribution in [-0.2, 0) is 4.79 Å². The van der Waals surface area contributed by atoms with Gasteiger partial charge in [0.2, 0.25) is 5.91 Å². The van der Waals surface area contributed by atoms with Crippen molar-refractivity contribution in [2.45, 2.75) is 6.92 Å².